The highest BCUT2D eigenvalue weighted by molar-refractivity contribution is 7.08. The summed E-state index contributed by atoms with van der Waals surface area (Å²) >= 11 is 3.41. The topological polar surface area (TPSA) is 22.1 Å². The predicted octanol–water partition coefficient (Wildman–Crippen LogP) is 6.10. The van der Waals surface area contributed by atoms with E-state index in [-0.39, 0.29) is 0 Å². The molecule has 0 fully saturated rings. The number of ether oxygens (including phenoxy) is 1. The second kappa shape index (κ2) is 5.58. The van der Waals surface area contributed by atoms with Crippen LogP contribution in [0.3, 0.4) is 0 Å². The summed E-state index contributed by atoms with van der Waals surface area (Å²) in [5.74, 6) is 0.913. The molecule has 0 atom stereocenters. The maximum absolute atomic E-state index is 5.98. The Morgan fingerprint density at radius 2 is 1.67 bits per heavy atom. The number of fused-ring (bicyclic) bond motifs is 3. The van der Waals surface area contributed by atoms with Crippen molar-refractivity contribution in [2.45, 2.75) is 6.61 Å². The lowest BCUT2D eigenvalue weighted by atomic mass is 9.94. The lowest BCUT2D eigenvalue weighted by Gasteiger charge is -2.23. The van der Waals surface area contributed by atoms with Crippen LogP contribution in [0, 0.1) is 0 Å². The number of aromatic nitrogens is 1. The number of rotatable bonds is 2. The first kappa shape index (κ1) is 14.0. The Morgan fingerprint density at radius 3 is 2.46 bits per heavy atom. The summed E-state index contributed by atoms with van der Waals surface area (Å²) in [5, 5.41) is 8.55. The van der Waals surface area contributed by atoms with Gasteiger partial charge in [0.1, 0.15) is 12.4 Å². The number of benzene rings is 1. The minimum Gasteiger partial charge on any atom is -0.488 e. The molecule has 0 spiro atoms. The van der Waals surface area contributed by atoms with Crippen LogP contribution >= 0.6 is 22.7 Å². The van der Waals surface area contributed by atoms with E-state index in [4.69, 9.17) is 9.72 Å². The van der Waals surface area contributed by atoms with Gasteiger partial charge in [0, 0.05) is 22.1 Å². The zero-order chi connectivity index (χ0) is 15.9. The Bertz CT molecular complexity index is 1000. The molecule has 5 rings (SSSR count). The van der Waals surface area contributed by atoms with Gasteiger partial charge in [-0.25, -0.2) is 4.98 Å². The molecule has 1 aliphatic heterocycles. The average Bonchev–Trinajstić information content (AvgIpc) is 3.34. The second-order valence-electron chi connectivity index (χ2n) is 5.69. The number of para-hydroxylation sites is 1. The smallest absolute Gasteiger partial charge is 0.129 e. The normalized spacial score (nSPS) is 12.3. The molecule has 4 heteroatoms. The average molecular weight is 347 g/mol. The number of pyridine rings is 1. The standard InChI is InChI=1S/C20H13NOS2/c1-2-4-19-15(3-1)20-17(10-22-19)16(13-5-7-23-11-13)9-18(21-20)14-6-8-24-12-14/h1-9,11-12H,10H2. The van der Waals surface area contributed by atoms with Crippen LogP contribution in [0.25, 0.3) is 33.6 Å². The molecule has 0 saturated carbocycles. The van der Waals surface area contributed by atoms with Crippen molar-refractivity contribution in [1.82, 2.24) is 4.98 Å². The third-order valence-corrected chi connectivity index (χ3v) is 5.65. The third-order valence-electron chi connectivity index (χ3n) is 4.29. The Hall–Kier alpha value is -2.43. The monoisotopic (exact) mass is 347 g/mol. The van der Waals surface area contributed by atoms with E-state index in [0.717, 1.165) is 22.7 Å². The van der Waals surface area contributed by atoms with E-state index in [0.29, 0.717) is 6.61 Å². The van der Waals surface area contributed by atoms with E-state index >= 15 is 0 Å². The van der Waals surface area contributed by atoms with Gasteiger partial charge in [0.15, 0.2) is 0 Å². The SMILES string of the molecule is c1ccc2c(c1)OCc1c(-c3ccsc3)cc(-c3ccsc3)nc1-2. The van der Waals surface area contributed by atoms with E-state index in [1.54, 1.807) is 22.7 Å². The van der Waals surface area contributed by atoms with Crippen LogP contribution in [-0.2, 0) is 6.61 Å². The minimum absolute atomic E-state index is 0.564. The summed E-state index contributed by atoms with van der Waals surface area (Å²) in [7, 11) is 0. The molecule has 0 unspecified atom stereocenters. The van der Waals surface area contributed by atoms with Crippen molar-refractivity contribution >= 4 is 22.7 Å². The molecule has 0 N–H and O–H groups in total. The summed E-state index contributed by atoms with van der Waals surface area (Å²) in [6.07, 6.45) is 0. The number of nitrogens with zero attached hydrogens (tertiary/aromatic N) is 1. The van der Waals surface area contributed by atoms with Gasteiger partial charge in [0.2, 0.25) is 0 Å². The molecule has 0 aliphatic carbocycles. The summed E-state index contributed by atoms with van der Waals surface area (Å²) in [6, 6.07) is 14.6. The van der Waals surface area contributed by atoms with E-state index < -0.39 is 0 Å². The number of hydrogen-bond acceptors (Lipinski definition) is 4. The molecule has 0 radical (unpaired) electrons. The lowest BCUT2D eigenvalue weighted by Crippen LogP contribution is -2.09. The van der Waals surface area contributed by atoms with Crippen molar-refractivity contribution < 1.29 is 4.74 Å². The van der Waals surface area contributed by atoms with Crippen molar-refractivity contribution in [3.63, 3.8) is 0 Å². The van der Waals surface area contributed by atoms with Crippen molar-refractivity contribution in [3.8, 4) is 39.4 Å². The fourth-order valence-corrected chi connectivity index (χ4v) is 4.42. The maximum Gasteiger partial charge on any atom is 0.129 e. The summed E-state index contributed by atoms with van der Waals surface area (Å²) in [4.78, 5) is 5.00. The zero-order valence-corrected chi connectivity index (χ0v) is 14.4. The summed E-state index contributed by atoms with van der Waals surface area (Å²) < 4.78 is 5.98. The van der Waals surface area contributed by atoms with Crippen molar-refractivity contribution in [3.05, 3.63) is 69.5 Å². The molecular formula is C20H13NOS2. The van der Waals surface area contributed by atoms with Crippen LogP contribution in [0.1, 0.15) is 5.56 Å². The Balaban J connectivity index is 1.82. The summed E-state index contributed by atoms with van der Waals surface area (Å²) in [5.41, 5.74) is 7.94. The van der Waals surface area contributed by atoms with Gasteiger partial charge < -0.3 is 4.74 Å². The van der Waals surface area contributed by atoms with Crippen molar-refractivity contribution in [1.29, 1.82) is 0 Å². The quantitative estimate of drug-likeness (QED) is 0.437. The molecular weight excluding hydrogens is 334 g/mol. The Labute approximate surface area is 148 Å². The Kier molecular flexibility index (Phi) is 3.25. The van der Waals surface area contributed by atoms with Crippen LogP contribution in [0.4, 0.5) is 0 Å². The van der Waals surface area contributed by atoms with Gasteiger partial charge >= 0.3 is 0 Å². The first-order valence-electron chi connectivity index (χ1n) is 7.71. The van der Waals surface area contributed by atoms with Crippen LogP contribution in [0.5, 0.6) is 5.75 Å². The zero-order valence-electron chi connectivity index (χ0n) is 12.7. The number of hydrogen-bond donors (Lipinski definition) is 0. The van der Waals surface area contributed by atoms with Crippen LogP contribution in [0.2, 0.25) is 0 Å². The summed E-state index contributed by atoms with van der Waals surface area (Å²) in [6.45, 7) is 0.564. The van der Waals surface area contributed by atoms with Gasteiger partial charge in [-0.3, -0.25) is 0 Å². The molecule has 1 aliphatic rings. The highest BCUT2D eigenvalue weighted by Gasteiger charge is 2.23. The molecule has 4 aromatic rings. The maximum atomic E-state index is 5.98. The fraction of sp³-hybridized carbons (Fsp3) is 0.0500. The number of thiophene rings is 2. The van der Waals surface area contributed by atoms with Gasteiger partial charge in [-0.15, -0.1) is 0 Å². The molecule has 0 amide bonds. The predicted molar refractivity (Wildman–Crippen MR) is 101 cm³/mol. The van der Waals surface area contributed by atoms with E-state index in [9.17, 15) is 0 Å². The Morgan fingerprint density at radius 1 is 0.875 bits per heavy atom. The minimum atomic E-state index is 0.564. The van der Waals surface area contributed by atoms with Gasteiger partial charge in [0.25, 0.3) is 0 Å². The molecule has 4 heterocycles. The van der Waals surface area contributed by atoms with Crippen LogP contribution in [-0.4, -0.2) is 4.98 Å². The molecule has 116 valence electrons. The molecule has 24 heavy (non-hydrogen) atoms. The molecule has 1 aromatic carbocycles. The first-order chi connectivity index (χ1) is 11.9. The van der Waals surface area contributed by atoms with Crippen molar-refractivity contribution in [2.24, 2.45) is 0 Å². The molecule has 0 bridgehead atoms. The third kappa shape index (κ3) is 2.19. The first-order valence-corrected chi connectivity index (χ1v) is 9.60. The second-order valence-corrected chi connectivity index (χ2v) is 7.25. The van der Waals surface area contributed by atoms with Gasteiger partial charge in [-0.05, 0) is 57.6 Å². The molecule has 0 saturated heterocycles. The largest absolute Gasteiger partial charge is 0.488 e. The van der Waals surface area contributed by atoms with Gasteiger partial charge in [-0.1, -0.05) is 12.1 Å². The van der Waals surface area contributed by atoms with E-state index in [1.807, 2.05) is 18.2 Å². The van der Waals surface area contributed by atoms with Crippen LogP contribution in [0.15, 0.2) is 64.0 Å². The van der Waals surface area contributed by atoms with Gasteiger partial charge in [-0.2, -0.15) is 22.7 Å². The van der Waals surface area contributed by atoms with Crippen molar-refractivity contribution in [2.75, 3.05) is 0 Å². The van der Waals surface area contributed by atoms with Crippen LogP contribution < -0.4 is 4.74 Å². The highest BCUT2D eigenvalue weighted by Crippen LogP contribution is 2.42. The molecule has 2 nitrogen and oxygen atoms in total. The highest BCUT2D eigenvalue weighted by atomic mass is 32.1. The van der Waals surface area contributed by atoms with Gasteiger partial charge in [0.05, 0.1) is 11.4 Å². The fourth-order valence-electron chi connectivity index (χ4n) is 3.11. The molecule has 3 aromatic heterocycles. The van der Waals surface area contributed by atoms with E-state index in [2.05, 4.69) is 45.8 Å². The van der Waals surface area contributed by atoms with E-state index in [1.165, 1.54) is 22.3 Å². The lowest BCUT2D eigenvalue weighted by molar-refractivity contribution is 0.302.